The SMILES string of the molecule is CNC(CC(N)=O)C(=O)NCC(C)=O. The highest BCUT2D eigenvalue weighted by Crippen LogP contribution is 1.90. The smallest absolute Gasteiger partial charge is 0.238 e. The van der Waals surface area contributed by atoms with Gasteiger partial charge in [-0.2, -0.15) is 0 Å². The van der Waals surface area contributed by atoms with Crippen LogP contribution in [0, 0.1) is 0 Å². The van der Waals surface area contributed by atoms with Crippen molar-refractivity contribution in [2.24, 2.45) is 5.73 Å². The number of Topliss-reactive ketones (excluding diaryl/α,β-unsaturated/α-hetero) is 1. The molecule has 0 heterocycles. The lowest BCUT2D eigenvalue weighted by molar-refractivity contribution is -0.128. The van der Waals surface area contributed by atoms with Gasteiger partial charge in [0, 0.05) is 0 Å². The zero-order valence-electron chi connectivity index (χ0n) is 8.29. The summed E-state index contributed by atoms with van der Waals surface area (Å²) in [4.78, 5) is 32.4. The van der Waals surface area contributed by atoms with Crippen LogP contribution in [-0.2, 0) is 14.4 Å². The number of amides is 2. The van der Waals surface area contributed by atoms with Gasteiger partial charge in [-0.25, -0.2) is 0 Å². The van der Waals surface area contributed by atoms with Gasteiger partial charge in [0.25, 0.3) is 0 Å². The predicted octanol–water partition coefficient (Wildman–Crippen LogP) is -1.84. The second-order valence-corrected chi connectivity index (χ2v) is 2.93. The first-order valence-corrected chi connectivity index (χ1v) is 4.20. The molecular formula is C8H15N3O3. The number of nitrogens with two attached hydrogens (primary N) is 1. The van der Waals surface area contributed by atoms with Gasteiger partial charge in [0.05, 0.1) is 19.0 Å². The van der Waals surface area contributed by atoms with E-state index in [1.165, 1.54) is 6.92 Å². The molecular weight excluding hydrogens is 186 g/mol. The molecule has 0 rings (SSSR count). The van der Waals surface area contributed by atoms with Crippen LogP contribution >= 0.6 is 0 Å². The number of rotatable bonds is 6. The van der Waals surface area contributed by atoms with E-state index in [0.717, 1.165) is 0 Å². The zero-order chi connectivity index (χ0) is 11.1. The lowest BCUT2D eigenvalue weighted by Crippen LogP contribution is -2.45. The number of likely N-dealkylation sites (N-methyl/N-ethyl adjacent to an activating group) is 1. The van der Waals surface area contributed by atoms with Crippen LogP contribution in [-0.4, -0.2) is 37.2 Å². The van der Waals surface area contributed by atoms with Gasteiger partial charge >= 0.3 is 0 Å². The maximum atomic E-state index is 11.3. The molecule has 0 aliphatic rings. The van der Waals surface area contributed by atoms with Gasteiger partial charge in [-0.15, -0.1) is 0 Å². The van der Waals surface area contributed by atoms with Gasteiger partial charge in [0.15, 0.2) is 0 Å². The maximum Gasteiger partial charge on any atom is 0.238 e. The van der Waals surface area contributed by atoms with Crippen molar-refractivity contribution in [2.45, 2.75) is 19.4 Å². The van der Waals surface area contributed by atoms with Crippen molar-refractivity contribution in [3.05, 3.63) is 0 Å². The quantitative estimate of drug-likeness (QED) is 0.469. The standard InChI is InChI=1S/C8H15N3O3/c1-5(12)4-11-8(14)6(10-2)3-7(9)13/h6,10H,3-4H2,1-2H3,(H2,9,13)(H,11,14). The molecule has 0 radical (unpaired) electrons. The summed E-state index contributed by atoms with van der Waals surface area (Å²) in [5.74, 6) is -1.11. The number of carbonyl (C=O) groups is 3. The largest absolute Gasteiger partial charge is 0.370 e. The van der Waals surface area contributed by atoms with E-state index in [9.17, 15) is 14.4 Å². The number of hydrogen-bond acceptors (Lipinski definition) is 4. The topological polar surface area (TPSA) is 101 Å². The van der Waals surface area contributed by atoms with Gasteiger partial charge in [-0.3, -0.25) is 14.4 Å². The van der Waals surface area contributed by atoms with Gasteiger partial charge in [-0.1, -0.05) is 0 Å². The van der Waals surface area contributed by atoms with E-state index < -0.39 is 17.9 Å². The molecule has 0 aromatic heterocycles. The Morgan fingerprint density at radius 3 is 2.29 bits per heavy atom. The molecule has 0 fully saturated rings. The Balaban J connectivity index is 4.04. The van der Waals surface area contributed by atoms with Crippen molar-refractivity contribution in [3.63, 3.8) is 0 Å². The fourth-order valence-corrected chi connectivity index (χ4v) is 0.862. The van der Waals surface area contributed by atoms with E-state index in [1.54, 1.807) is 7.05 Å². The Labute approximate surface area is 82.2 Å². The second kappa shape index (κ2) is 6.09. The van der Waals surface area contributed by atoms with Crippen molar-refractivity contribution in [3.8, 4) is 0 Å². The molecule has 0 aliphatic heterocycles. The molecule has 14 heavy (non-hydrogen) atoms. The molecule has 0 spiro atoms. The third-order valence-electron chi connectivity index (χ3n) is 1.58. The zero-order valence-corrected chi connectivity index (χ0v) is 8.29. The minimum Gasteiger partial charge on any atom is -0.370 e. The Morgan fingerprint density at radius 1 is 1.36 bits per heavy atom. The van der Waals surface area contributed by atoms with Crippen molar-refractivity contribution in [2.75, 3.05) is 13.6 Å². The van der Waals surface area contributed by atoms with Crippen LogP contribution in [0.5, 0.6) is 0 Å². The van der Waals surface area contributed by atoms with Crippen molar-refractivity contribution < 1.29 is 14.4 Å². The number of ketones is 1. The highest BCUT2D eigenvalue weighted by Gasteiger charge is 2.18. The normalized spacial score (nSPS) is 11.9. The fourth-order valence-electron chi connectivity index (χ4n) is 0.862. The summed E-state index contributed by atoms with van der Waals surface area (Å²) in [6.45, 7) is 1.33. The third-order valence-corrected chi connectivity index (χ3v) is 1.58. The van der Waals surface area contributed by atoms with E-state index in [1.807, 2.05) is 0 Å². The molecule has 0 aromatic carbocycles. The number of primary amides is 1. The number of nitrogens with one attached hydrogen (secondary N) is 2. The van der Waals surface area contributed by atoms with Gasteiger partial charge in [0.1, 0.15) is 5.78 Å². The minimum atomic E-state index is -0.674. The van der Waals surface area contributed by atoms with Crippen molar-refractivity contribution in [1.29, 1.82) is 0 Å². The summed E-state index contributed by atoms with van der Waals surface area (Å²) in [6.07, 6.45) is -0.0831. The van der Waals surface area contributed by atoms with Crippen LogP contribution in [0.25, 0.3) is 0 Å². The Bertz CT molecular complexity index is 240. The number of carbonyl (C=O) groups excluding carboxylic acids is 3. The van der Waals surface area contributed by atoms with Crippen LogP contribution in [0.15, 0.2) is 0 Å². The molecule has 4 N–H and O–H groups in total. The van der Waals surface area contributed by atoms with Crippen LogP contribution in [0.2, 0.25) is 0 Å². The van der Waals surface area contributed by atoms with Crippen LogP contribution < -0.4 is 16.4 Å². The van der Waals surface area contributed by atoms with Crippen molar-refractivity contribution >= 4 is 17.6 Å². The third kappa shape index (κ3) is 5.26. The van der Waals surface area contributed by atoms with E-state index in [0.29, 0.717) is 0 Å². The molecule has 0 saturated carbocycles. The molecule has 2 amide bonds. The Kier molecular flexibility index (Phi) is 5.47. The summed E-state index contributed by atoms with van der Waals surface area (Å²) >= 11 is 0. The lowest BCUT2D eigenvalue weighted by Gasteiger charge is -2.13. The van der Waals surface area contributed by atoms with Crippen LogP contribution in [0.3, 0.4) is 0 Å². The molecule has 1 unspecified atom stereocenters. The monoisotopic (exact) mass is 201 g/mol. The molecule has 1 atom stereocenters. The maximum absolute atomic E-state index is 11.3. The molecule has 6 nitrogen and oxygen atoms in total. The van der Waals surface area contributed by atoms with Crippen molar-refractivity contribution in [1.82, 2.24) is 10.6 Å². The lowest BCUT2D eigenvalue weighted by atomic mass is 10.2. The van der Waals surface area contributed by atoms with E-state index in [-0.39, 0.29) is 18.7 Å². The van der Waals surface area contributed by atoms with E-state index in [4.69, 9.17) is 5.73 Å². The Hall–Kier alpha value is -1.43. The van der Waals surface area contributed by atoms with Crippen LogP contribution in [0.4, 0.5) is 0 Å². The highest BCUT2D eigenvalue weighted by atomic mass is 16.2. The molecule has 0 saturated heterocycles. The first-order valence-electron chi connectivity index (χ1n) is 4.20. The minimum absolute atomic E-state index is 0.0320. The van der Waals surface area contributed by atoms with Gasteiger partial charge in [-0.05, 0) is 14.0 Å². The van der Waals surface area contributed by atoms with Gasteiger partial charge < -0.3 is 16.4 Å². The van der Waals surface area contributed by atoms with Gasteiger partial charge in [0.2, 0.25) is 11.8 Å². The summed E-state index contributed by atoms with van der Waals surface area (Å²) in [7, 11) is 1.54. The first-order chi connectivity index (χ1) is 6.47. The summed E-state index contributed by atoms with van der Waals surface area (Å²) in [6, 6.07) is -0.674. The molecule has 0 aromatic rings. The molecule has 6 heteroatoms. The van der Waals surface area contributed by atoms with Crippen LogP contribution in [0.1, 0.15) is 13.3 Å². The predicted molar refractivity (Wildman–Crippen MR) is 50.3 cm³/mol. The average Bonchev–Trinajstić information content (AvgIpc) is 2.09. The fraction of sp³-hybridized carbons (Fsp3) is 0.625. The molecule has 0 aliphatic carbocycles. The first kappa shape index (κ1) is 12.6. The summed E-state index contributed by atoms with van der Waals surface area (Å²) < 4.78 is 0. The molecule has 0 bridgehead atoms. The van der Waals surface area contributed by atoms with E-state index >= 15 is 0 Å². The highest BCUT2D eigenvalue weighted by molar-refractivity contribution is 5.90. The van der Waals surface area contributed by atoms with E-state index in [2.05, 4.69) is 10.6 Å². The number of hydrogen-bond donors (Lipinski definition) is 3. The molecule has 80 valence electrons. The summed E-state index contributed by atoms with van der Waals surface area (Å²) in [5.41, 5.74) is 4.94. The summed E-state index contributed by atoms with van der Waals surface area (Å²) in [5, 5.41) is 5.01. The second-order valence-electron chi connectivity index (χ2n) is 2.93. The Morgan fingerprint density at radius 2 is 1.93 bits per heavy atom. The average molecular weight is 201 g/mol.